The van der Waals surface area contributed by atoms with Crippen molar-refractivity contribution in [1.82, 2.24) is 5.16 Å². The molecular formula is C17H15N5O2. The lowest BCUT2D eigenvalue weighted by molar-refractivity contribution is 0.0970. The van der Waals surface area contributed by atoms with E-state index in [1.165, 1.54) is 12.1 Å². The number of carbonyl (C=O) groups is 1. The van der Waals surface area contributed by atoms with Crippen molar-refractivity contribution in [2.45, 2.75) is 32.2 Å². The van der Waals surface area contributed by atoms with Crippen LogP contribution in [0.4, 0.5) is 5.69 Å². The van der Waals surface area contributed by atoms with Gasteiger partial charge in [0.2, 0.25) is 11.8 Å². The molecule has 1 aromatic heterocycles. The van der Waals surface area contributed by atoms with Gasteiger partial charge in [-0.1, -0.05) is 32.0 Å². The van der Waals surface area contributed by atoms with Crippen LogP contribution in [0.25, 0.3) is 0 Å². The highest BCUT2D eigenvalue weighted by atomic mass is 16.5. The van der Waals surface area contributed by atoms with E-state index in [-0.39, 0.29) is 11.1 Å². The number of hydrogen-bond donors (Lipinski definition) is 0. The number of aromatic nitrogens is 1. The molecule has 7 nitrogen and oxygen atoms in total. The number of carbonyl (C=O) groups excluding carboxylic acids is 1. The highest BCUT2D eigenvalue weighted by molar-refractivity contribution is 6.00. The summed E-state index contributed by atoms with van der Waals surface area (Å²) in [5.74, 6) is -0.0434. The molecule has 2 rings (SSSR count). The van der Waals surface area contributed by atoms with Gasteiger partial charge in [-0.25, -0.2) is 0 Å². The largest absolute Gasteiger partial charge is 0.360 e. The van der Waals surface area contributed by atoms with Gasteiger partial charge in [0.05, 0.1) is 17.3 Å². The van der Waals surface area contributed by atoms with Crippen molar-refractivity contribution in [3.8, 4) is 12.1 Å². The first-order valence-corrected chi connectivity index (χ1v) is 7.17. The van der Waals surface area contributed by atoms with Gasteiger partial charge in [-0.05, 0) is 18.2 Å². The van der Waals surface area contributed by atoms with E-state index >= 15 is 0 Å². The summed E-state index contributed by atoms with van der Waals surface area (Å²) in [5, 5.41) is 29.3. The fraction of sp³-hybridized carbons (Fsp3) is 0.294. The lowest BCUT2D eigenvalue weighted by Crippen LogP contribution is -2.16. The second-order valence-corrected chi connectivity index (χ2v) is 6.10. The third-order valence-electron chi connectivity index (χ3n) is 3.14. The topological polar surface area (TPSA) is 115 Å². The van der Waals surface area contributed by atoms with Gasteiger partial charge >= 0.3 is 0 Å². The average Bonchev–Trinajstić information content (AvgIpc) is 3.05. The van der Waals surface area contributed by atoms with E-state index < -0.39 is 11.8 Å². The maximum atomic E-state index is 12.3. The van der Waals surface area contributed by atoms with E-state index in [4.69, 9.17) is 15.0 Å². The van der Waals surface area contributed by atoms with Gasteiger partial charge in [0.15, 0.2) is 5.69 Å². The molecule has 0 saturated carbocycles. The van der Waals surface area contributed by atoms with E-state index in [0.29, 0.717) is 17.0 Å². The molecule has 1 atom stereocenters. The van der Waals surface area contributed by atoms with Crippen LogP contribution in [0.3, 0.4) is 0 Å². The van der Waals surface area contributed by atoms with E-state index in [1.54, 1.807) is 24.3 Å². The van der Waals surface area contributed by atoms with Crippen molar-refractivity contribution in [2.75, 3.05) is 0 Å². The fourth-order valence-electron chi connectivity index (χ4n) is 1.78. The highest BCUT2D eigenvalue weighted by Crippen LogP contribution is 2.23. The molecule has 120 valence electrons. The molecule has 24 heavy (non-hydrogen) atoms. The van der Waals surface area contributed by atoms with Crippen LogP contribution < -0.4 is 0 Å². The zero-order chi connectivity index (χ0) is 17.7. The fourth-order valence-corrected chi connectivity index (χ4v) is 1.78. The van der Waals surface area contributed by atoms with Crippen LogP contribution in [0.1, 0.15) is 42.6 Å². The van der Waals surface area contributed by atoms with Crippen molar-refractivity contribution < 1.29 is 9.32 Å². The third-order valence-corrected chi connectivity index (χ3v) is 3.14. The van der Waals surface area contributed by atoms with Crippen LogP contribution in [0.2, 0.25) is 0 Å². The van der Waals surface area contributed by atoms with Crippen molar-refractivity contribution in [1.29, 1.82) is 10.5 Å². The molecule has 2 aromatic rings. The first kappa shape index (κ1) is 17.0. The lowest BCUT2D eigenvalue weighted by Gasteiger charge is -2.12. The second kappa shape index (κ2) is 6.84. The summed E-state index contributed by atoms with van der Waals surface area (Å²) in [6.45, 7) is 5.77. The van der Waals surface area contributed by atoms with E-state index in [2.05, 4.69) is 15.4 Å². The van der Waals surface area contributed by atoms with Gasteiger partial charge in [0.25, 0.3) is 0 Å². The van der Waals surface area contributed by atoms with Crippen LogP contribution in [-0.4, -0.2) is 17.0 Å². The van der Waals surface area contributed by atoms with E-state index in [9.17, 15) is 4.79 Å². The molecule has 1 heterocycles. The van der Waals surface area contributed by atoms with Crippen molar-refractivity contribution >= 4 is 11.5 Å². The standard InChI is InChI=1S/C17H15N5O2/c1-17(2,3)15-8-13(22-24-15)16(23)14(10-19)21-20-12-6-4-5-11(7-12)9-18/h4-8,14H,1-3H3. The Morgan fingerprint density at radius 3 is 2.62 bits per heavy atom. The summed E-state index contributed by atoms with van der Waals surface area (Å²) >= 11 is 0. The second-order valence-electron chi connectivity index (χ2n) is 6.10. The number of Topliss-reactive ketones (excluding diaryl/α,β-unsaturated/α-hetero) is 1. The quantitative estimate of drug-likeness (QED) is 0.628. The summed E-state index contributed by atoms with van der Waals surface area (Å²) in [5.41, 5.74) is 0.541. The summed E-state index contributed by atoms with van der Waals surface area (Å²) < 4.78 is 5.15. The molecule has 1 aromatic carbocycles. The number of hydrogen-bond acceptors (Lipinski definition) is 7. The summed E-state index contributed by atoms with van der Waals surface area (Å²) in [6, 6.07) is 10.4. The first-order valence-electron chi connectivity index (χ1n) is 7.17. The van der Waals surface area contributed by atoms with Crippen LogP contribution in [0.5, 0.6) is 0 Å². The van der Waals surface area contributed by atoms with Crippen LogP contribution in [0.15, 0.2) is 45.1 Å². The molecule has 7 heteroatoms. The minimum atomic E-state index is -1.33. The van der Waals surface area contributed by atoms with Crippen LogP contribution >= 0.6 is 0 Å². The predicted octanol–water partition coefficient (Wildman–Crippen LogP) is 3.70. The number of benzene rings is 1. The molecule has 0 radical (unpaired) electrons. The van der Waals surface area contributed by atoms with Crippen LogP contribution in [0, 0.1) is 22.7 Å². The molecule has 1 unspecified atom stereocenters. The molecule has 0 aliphatic carbocycles. The highest BCUT2D eigenvalue weighted by Gasteiger charge is 2.26. The van der Waals surface area contributed by atoms with Gasteiger partial charge in [-0.2, -0.15) is 20.8 Å². The van der Waals surface area contributed by atoms with Crippen molar-refractivity contribution in [3.63, 3.8) is 0 Å². The Kier molecular flexibility index (Phi) is 4.86. The zero-order valence-corrected chi connectivity index (χ0v) is 13.5. The molecule has 0 bridgehead atoms. The van der Waals surface area contributed by atoms with Crippen LogP contribution in [-0.2, 0) is 5.41 Å². The monoisotopic (exact) mass is 321 g/mol. The Morgan fingerprint density at radius 2 is 2.04 bits per heavy atom. The average molecular weight is 321 g/mol. The maximum Gasteiger partial charge on any atom is 0.225 e. The summed E-state index contributed by atoms with van der Waals surface area (Å²) in [7, 11) is 0. The van der Waals surface area contributed by atoms with Gasteiger partial charge in [0.1, 0.15) is 11.8 Å². The van der Waals surface area contributed by atoms with Gasteiger partial charge in [-0.15, -0.1) is 0 Å². The van der Waals surface area contributed by atoms with Gasteiger partial charge < -0.3 is 4.52 Å². The Labute approximate surface area is 139 Å². The molecular weight excluding hydrogens is 306 g/mol. The minimum absolute atomic E-state index is 0.0381. The number of nitrogens with zero attached hydrogens (tertiary/aromatic N) is 5. The van der Waals surface area contributed by atoms with Gasteiger partial charge in [-0.3, -0.25) is 4.79 Å². The number of ketones is 1. The number of nitriles is 2. The molecule has 0 aliphatic heterocycles. The van der Waals surface area contributed by atoms with E-state index in [0.717, 1.165) is 0 Å². The Bertz CT molecular complexity index is 862. The molecule has 0 spiro atoms. The SMILES string of the molecule is CC(C)(C)c1cc(C(=O)C(C#N)N=Nc2cccc(C#N)c2)no1. The first-order chi connectivity index (χ1) is 11.3. The summed E-state index contributed by atoms with van der Waals surface area (Å²) in [6.07, 6.45) is 0. The van der Waals surface area contributed by atoms with E-state index in [1.807, 2.05) is 26.8 Å². The molecule has 0 saturated heterocycles. The van der Waals surface area contributed by atoms with Gasteiger partial charge in [0, 0.05) is 11.5 Å². The number of rotatable bonds is 4. The molecule has 0 amide bonds. The predicted molar refractivity (Wildman–Crippen MR) is 84.6 cm³/mol. The molecule has 0 N–H and O–H groups in total. The Morgan fingerprint density at radius 1 is 1.29 bits per heavy atom. The maximum absolute atomic E-state index is 12.3. The van der Waals surface area contributed by atoms with Crippen molar-refractivity contribution in [2.24, 2.45) is 10.2 Å². The number of azo groups is 1. The normalized spacial score (nSPS) is 12.5. The third kappa shape index (κ3) is 3.90. The Hall–Kier alpha value is -3.32. The van der Waals surface area contributed by atoms with Crippen molar-refractivity contribution in [3.05, 3.63) is 47.3 Å². The molecule has 0 aliphatic rings. The molecule has 0 fully saturated rings. The zero-order valence-electron chi connectivity index (χ0n) is 13.5. The summed E-state index contributed by atoms with van der Waals surface area (Å²) in [4.78, 5) is 12.3. The Balaban J connectivity index is 2.20. The lowest BCUT2D eigenvalue weighted by atomic mass is 9.93. The smallest absolute Gasteiger partial charge is 0.225 e. The minimum Gasteiger partial charge on any atom is -0.360 e.